The van der Waals surface area contributed by atoms with Gasteiger partial charge in [-0.3, -0.25) is 9.10 Å². The summed E-state index contributed by atoms with van der Waals surface area (Å²) in [7, 11) is 0.729. The first-order chi connectivity index (χ1) is 15.8. The molecule has 0 unspecified atom stereocenters. The van der Waals surface area contributed by atoms with Gasteiger partial charge in [-0.05, 0) is 67.6 Å². The van der Waals surface area contributed by atoms with Crippen molar-refractivity contribution in [2.45, 2.75) is 52.6 Å². The molecule has 0 aromatic heterocycles. The molecule has 0 aliphatic carbocycles. The van der Waals surface area contributed by atoms with Crippen LogP contribution in [0.1, 0.15) is 56.3 Å². The average Bonchev–Trinajstić information content (AvgIpc) is 2.77. The maximum absolute atomic E-state index is 13.3. The second kappa shape index (κ2) is 11.0. The van der Waals surface area contributed by atoms with Crippen LogP contribution in [0.2, 0.25) is 0 Å². The van der Waals surface area contributed by atoms with E-state index in [1.807, 2.05) is 26.0 Å². The van der Waals surface area contributed by atoms with Gasteiger partial charge >= 0.3 is 0 Å². The zero-order valence-electron chi connectivity index (χ0n) is 21.4. The number of hydrogen-bond donors (Lipinski definition) is 1. The fourth-order valence-electron chi connectivity index (χ4n) is 3.97. The third-order valence-corrected chi connectivity index (χ3v) is 7.01. The van der Waals surface area contributed by atoms with Crippen molar-refractivity contribution < 1.29 is 27.4 Å². The first-order valence-corrected chi connectivity index (χ1v) is 12.9. The Morgan fingerprint density at radius 3 is 2.03 bits per heavy atom. The van der Waals surface area contributed by atoms with Crippen molar-refractivity contribution in [1.29, 1.82) is 0 Å². The molecule has 2 aromatic rings. The number of benzene rings is 2. The van der Waals surface area contributed by atoms with E-state index in [1.165, 1.54) is 20.3 Å². The summed E-state index contributed by atoms with van der Waals surface area (Å²) >= 11 is 0. The molecule has 9 heteroatoms. The zero-order chi connectivity index (χ0) is 25.8. The molecule has 2 aromatic carbocycles. The molecule has 2 rings (SSSR count). The van der Waals surface area contributed by atoms with Crippen molar-refractivity contribution in [2.75, 3.05) is 31.9 Å². The fourth-order valence-corrected chi connectivity index (χ4v) is 5.14. The van der Waals surface area contributed by atoms with Crippen molar-refractivity contribution in [3.8, 4) is 17.2 Å². The molecule has 0 saturated heterocycles. The van der Waals surface area contributed by atoms with Gasteiger partial charge < -0.3 is 19.5 Å². The number of rotatable bonds is 10. The Balaban J connectivity index is 2.42. The van der Waals surface area contributed by atoms with Crippen LogP contribution in [0.15, 0.2) is 30.3 Å². The lowest BCUT2D eigenvalue weighted by molar-refractivity contribution is -0.122. The lowest BCUT2D eigenvalue weighted by Gasteiger charge is -2.31. The van der Waals surface area contributed by atoms with Crippen LogP contribution in [-0.2, 0) is 14.8 Å². The van der Waals surface area contributed by atoms with Gasteiger partial charge in [-0.2, -0.15) is 0 Å². The molecule has 0 radical (unpaired) electrons. The van der Waals surface area contributed by atoms with Crippen LogP contribution in [-0.4, -0.2) is 48.0 Å². The summed E-state index contributed by atoms with van der Waals surface area (Å²) in [5.74, 6) is 1.35. The van der Waals surface area contributed by atoms with E-state index in [2.05, 4.69) is 19.2 Å². The molecule has 0 saturated carbocycles. The predicted molar refractivity (Wildman–Crippen MR) is 135 cm³/mol. The lowest BCUT2D eigenvalue weighted by Crippen LogP contribution is -2.48. The molecule has 0 spiro atoms. The Bertz CT molecular complexity index is 1130. The molecule has 1 N–H and O–H groups in total. The van der Waals surface area contributed by atoms with Crippen LogP contribution in [0.5, 0.6) is 17.2 Å². The minimum Gasteiger partial charge on any atom is -0.497 e. The number of anilines is 1. The average molecular weight is 493 g/mol. The Morgan fingerprint density at radius 2 is 1.53 bits per heavy atom. The first-order valence-electron chi connectivity index (χ1n) is 11.1. The number of nitrogens with one attached hydrogen (secondary N) is 1. The Hall–Kier alpha value is -2.94. The van der Waals surface area contributed by atoms with Gasteiger partial charge in [0.05, 0.1) is 39.3 Å². The number of methoxy groups -OCH3 is 3. The highest BCUT2D eigenvalue weighted by Crippen LogP contribution is 2.36. The summed E-state index contributed by atoms with van der Waals surface area (Å²) in [5.41, 5.74) is 3.17. The van der Waals surface area contributed by atoms with E-state index in [4.69, 9.17) is 14.2 Å². The van der Waals surface area contributed by atoms with Crippen molar-refractivity contribution in [2.24, 2.45) is 0 Å². The highest BCUT2D eigenvalue weighted by atomic mass is 32.2. The van der Waals surface area contributed by atoms with Crippen molar-refractivity contribution in [3.63, 3.8) is 0 Å². The largest absolute Gasteiger partial charge is 0.497 e. The van der Waals surface area contributed by atoms with Gasteiger partial charge in [0, 0.05) is 6.07 Å². The molecule has 188 valence electrons. The highest BCUT2D eigenvalue weighted by molar-refractivity contribution is 7.92. The normalized spacial score (nSPS) is 13.2. The van der Waals surface area contributed by atoms with Crippen molar-refractivity contribution >= 4 is 21.6 Å². The van der Waals surface area contributed by atoms with Crippen LogP contribution in [0.4, 0.5) is 5.69 Å². The molecular weight excluding hydrogens is 456 g/mol. The molecule has 2 atom stereocenters. The van der Waals surface area contributed by atoms with Crippen LogP contribution in [0.25, 0.3) is 0 Å². The molecule has 0 bridgehead atoms. The van der Waals surface area contributed by atoms with Crippen LogP contribution in [0, 0.1) is 6.92 Å². The quantitative estimate of drug-likeness (QED) is 0.535. The number of carbonyl (C=O) groups excluding carboxylic acids is 1. The highest BCUT2D eigenvalue weighted by Gasteiger charge is 2.32. The number of hydrogen-bond acceptors (Lipinski definition) is 6. The predicted octanol–water partition coefficient (Wildman–Crippen LogP) is 4.18. The van der Waals surface area contributed by atoms with Crippen LogP contribution >= 0.6 is 0 Å². The minimum atomic E-state index is -3.83. The topological polar surface area (TPSA) is 94.2 Å². The minimum absolute atomic E-state index is 0.224. The number of ether oxygens (including phenoxy) is 3. The van der Waals surface area contributed by atoms with Crippen molar-refractivity contribution in [1.82, 2.24) is 5.32 Å². The third kappa shape index (κ3) is 5.94. The summed E-state index contributed by atoms with van der Waals surface area (Å²) in [6.45, 7) is 9.53. The molecule has 8 nitrogen and oxygen atoms in total. The van der Waals surface area contributed by atoms with E-state index >= 15 is 0 Å². The summed E-state index contributed by atoms with van der Waals surface area (Å²) in [6.07, 6.45) is 1.06. The van der Waals surface area contributed by atoms with E-state index < -0.39 is 22.0 Å². The second-order valence-electron chi connectivity index (χ2n) is 8.61. The van der Waals surface area contributed by atoms with Gasteiger partial charge in [0.25, 0.3) is 0 Å². The summed E-state index contributed by atoms with van der Waals surface area (Å²) in [6, 6.07) is 7.40. The Kier molecular flexibility index (Phi) is 8.83. The fraction of sp³-hybridized carbons (Fsp3) is 0.480. The van der Waals surface area contributed by atoms with Gasteiger partial charge in [0.2, 0.25) is 15.9 Å². The smallest absolute Gasteiger partial charge is 0.244 e. The van der Waals surface area contributed by atoms with Gasteiger partial charge in [0.1, 0.15) is 23.3 Å². The Morgan fingerprint density at radius 1 is 0.912 bits per heavy atom. The second-order valence-corrected chi connectivity index (χ2v) is 10.5. The van der Waals surface area contributed by atoms with E-state index in [9.17, 15) is 13.2 Å². The molecule has 0 fully saturated rings. The van der Waals surface area contributed by atoms with Gasteiger partial charge in [0.15, 0.2) is 0 Å². The number of carbonyl (C=O) groups is 1. The SMILES string of the molecule is COc1ccc(OC)c(N([C@H](C)C(=O)N[C@H](C)c2cc(C(C)C)c(OC)cc2C)S(C)(=O)=O)c1. The number of amides is 1. The number of aryl methyl sites for hydroxylation is 1. The molecule has 1 amide bonds. The first kappa shape index (κ1) is 27.3. The van der Waals surface area contributed by atoms with E-state index in [1.54, 1.807) is 26.2 Å². The molecule has 0 heterocycles. The maximum Gasteiger partial charge on any atom is 0.244 e. The van der Waals surface area contributed by atoms with Gasteiger partial charge in [-0.1, -0.05) is 13.8 Å². The van der Waals surface area contributed by atoms with Gasteiger partial charge in [-0.15, -0.1) is 0 Å². The monoisotopic (exact) mass is 492 g/mol. The number of sulfonamides is 1. The lowest BCUT2D eigenvalue weighted by atomic mass is 9.93. The molecule has 0 aliphatic rings. The zero-order valence-corrected chi connectivity index (χ0v) is 22.2. The van der Waals surface area contributed by atoms with E-state index in [-0.39, 0.29) is 17.6 Å². The summed E-state index contributed by atoms with van der Waals surface area (Å²) in [4.78, 5) is 13.3. The standard InChI is InChI=1S/C25H36N2O6S/c1-15(2)20-14-21(16(3)12-24(20)33-8)17(4)26-25(28)18(5)27(34(9,29)30)22-13-19(31-6)10-11-23(22)32-7/h10-15,17-18H,1-9H3,(H,26,28)/t17-,18-/m1/s1. The van der Waals surface area contributed by atoms with Crippen LogP contribution in [0.3, 0.4) is 0 Å². The molecule has 34 heavy (non-hydrogen) atoms. The summed E-state index contributed by atoms with van der Waals surface area (Å²) in [5, 5.41) is 2.97. The maximum atomic E-state index is 13.3. The Labute approximate surface area is 203 Å². The van der Waals surface area contributed by atoms with Gasteiger partial charge in [-0.25, -0.2) is 8.42 Å². The van der Waals surface area contributed by atoms with E-state index in [0.717, 1.165) is 33.0 Å². The molecular formula is C25H36N2O6S. The van der Waals surface area contributed by atoms with Crippen LogP contribution < -0.4 is 23.8 Å². The number of nitrogens with zero attached hydrogens (tertiary/aromatic N) is 1. The van der Waals surface area contributed by atoms with Crippen molar-refractivity contribution in [3.05, 3.63) is 47.0 Å². The summed E-state index contributed by atoms with van der Waals surface area (Å²) < 4.78 is 42.8. The van der Waals surface area contributed by atoms with E-state index in [0.29, 0.717) is 11.5 Å². The molecule has 0 aliphatic heterocycles. The third-order valence-electron chi connectivity index (χ3n) is 5.78.